The van der Waals surface area contributed by atoms with Crippen molar-refractivity contribution in [3.63, 3.8) is 0 Å². The van der Waals surface area contributed by atoms with Gasteiger partial charge in [-0.25, -0.2) is 12.8 Å². The normalized spacial score (nSPS) is 18.3. The molecule has 0 amide bonds. The van der Waals surface area contributed by atoms with Gasteiger partial charge < -0.3 is 4.74 Å². The monoisotopic (exact) mass is 321 g/mol. The van der Waals surface area contributed by atoms with Gasteiger partial charge in [0.05, 0.1) is 12.7 Å². The second-order valence-electron chi connectivity index (χ2n) is 4.59. The maximum atomic E-state index is 13.6. The first kappa shape index (κ1) is 15.7. The Balaban J connectivity index is 2.04. The molecule has 1 saturated heterocycles. The summed E-state index contributed by atoms with van der Waals surface area (Å²) in [5, 5.41) is 0. The number of piperidine rings is 1. The van der Waals surface area contributed by atoms with Crippen molar-refractivity contribution in [2.75, 3.05) is 25.6 Å². The Hall–Kier alpha value is -0.690. The molecule has 1 aliphatic heterocycles. The third-order valence-corrected chi connectivity index (χ3v) is 5.37. The number of rotatable bonds is 5. The zero-order chi connectivity index (χ0) is 14.6. The highest BCUT2D eigenvalue weighted by molar-refractivity contribution is 7.89. The van der Waals surface area contributed by atoms with Crippen LogP contribution in [-0.2, 0) is 14.8 Å². The summed E-state index contributed by atoms with van der Waals surface area (Å²) in [5.41, 5.74) is 0. The molecule has 4 nitrogen and oxygen atoms in total. The molecule has 1 fully saturated rings. The Bertz CT molecular complexity index is 544. The Morgan fingerprint density at radius 1 is 1.30 bits per heavy atom. The maximum absolute atomic E-state index is 13.6. The first-order chi connectivity index (χ1) is 9.55. The van der Waals surface area contributed by atoms with Crippen LogP contribution in [0.2, 0.25) is 0 Å². The van der Waals surface area contributed by atoms with Crippen molar-refractivity contribution in [2.24, 2.45) is 0 Å². The van der Waals surface area contributed by atoms with E-state index in [0.29, 0.717) is 38.4 Å². The molecule has 1 heterocycles. The van der Waals surface area contributed by atoms with Gasteiger partial charge in [0, 0.05) is 19.0 Å². The average molecular weight is 322 g/mol. The van der Waals surface area contributed by atoms with Crippen LogP contribution in [0.3, 0.4) is 0 Å². The van der Waals surface area contributed by atoms with Crippen LogP contribution < -0.4 is 0 Å². The highest BCUT2D eigenvalue weighted by atomic mass is 35.5. The van der Waals surface area contributed by atoms with Crippen LogP contribution in [0.1, 0.15) is 12.8 Å². The van der Waals surface area contributed by atoms with Gasteiger partial charge in [-0.2, -0.15) is 4.31 Å². The van der Waals surface area contributed by atoms with Gasteiger partial charge in [-0.1, -0.05) is 12.1 Å². The fraction of sp³-hybridized carbons (Fsp3) is 0.538. The molecule has 0 saturated carbocycles. The van der Waals surface area contributed by atoms with Crippen LogP contribution >= 0.6 is 11.6 Å². The summed E-state index contributed by atoms with van der Waals surface area (Å²) in [7, 11) is -3.76. The van der Waals surface area contributed by atoms with E-state index in [2.05, 4.69) is 0 Å². The van der Waals surface area contributed by atoms with Crippen LogP contribution in [0.15, 0.2) is 29.2 Å². The minimum atomic E-state index is -3.76. The molecular weight excluding hydrogens is 305 g/mol. The van der Waals surface area contributed by atoms with Gasteiger partial charge >= 0.3 is 0 Å². The predicted octanol–water partition coefficient (Wildman–Crippen LogP) is 2.23. The van der Waals surface area contributed by atoms with Crippen molar-refractivity contribution in [3.05, 3.63) is 30.1 Å². The Morgan fingerprint density at radius 2 is 1.95 bits per heavy atom. The standard InChI is InChI=1S/C13H17ClFNO3S/c14-7-10-19-11-5-8-16(9-6-11)20(17,18)13-4-2-1-3-12(13)15/h1-4,11H,5-10H2. The van der Waals surface area contributed by atoms with Gasteiger partial charge in [0.2, 0.25) is 10.0 Å². The topological polar surface area (TPSA) is 46.6 Å². The molecule has 0 N–H and O–H groups in total. The molecule has 0 aromatic heterocycles. The molecule has 1 aromatic rings. The van der Waals surface area contributed by atoms with E-state index in [-0.39, 0.29) is 11.0 Å². The Kier molecular flexibility index (Phi) is 5.37. The SMILES string of the molecule is O=S(=O)(c1ccccc1F)N1CCC(OCCCl)CC1. The molecule has 1 aliphatic rings. The zero-order valence-electron chi connectivity index (χ0n) is 11.0. The van der Waals surface area contributed by atoms with Gasteiger partial charge in [-0.05, 0) is 25.0 Å². The summed E-state index contributed by atoms with van der Waals surface area (Å²) in [6.07, 6.45) is 1.23. The van der Waals surface area contributed by atoms with Crippen LogP contribution in [0.25, 0.3) is 0 Å². The minimum Gasteiger partial charge on any atom is -0.377 e. The lowest BCUT2D eigenvalue weighted by molar-refractivity contribution is 0.0301. The Morgan fingerprint density at radius 3 is 2.55 bits per heavy atom. The smallest absolute Gasteiger partial charge is 0.245 e. The van der Waals surface area contributed by atoms with E-state index >= 15 is 0 Å². The van der Waals surface area contributed by atoms with Crippen LogP contribution in [0.4, 0.5) is 4.39 Å². The number of ether oxygens (including phenoxy) is 1. The summed E-state index contributed by atoms with van der Waals surface area (Å²) < 4.78 is 45.2. The van der Waals surface area contributed by atoms with E-state index < -0.39 is 15.8 Å². The van der Waals surface area contributed by atoms with Crippen molar-refractivity contribution < 1.29 is 17.5 Å². The molecular formula is C13H17ClFNO3S. The van der Waals surface area contributed by atoms with E-state index in [0.717, 1.165) is 6.07 Å². The van der Waals surface area contributed by atoms with Crippen LogP contribution in [0.5, 0.6) is 0 Å². The predicted molar refractivity (Wildman–Crippen MR) is 74.9 cm³/mol. The molecule has 0 spiro atoms. The number of alkyl halides is 1. The second kappa shape index (κ2) is 6.85. The van der Waals surface area contributed by atoms with Crippen molar-refractivity contribution in [1.82, 2.24) is 4.31 Å². The van der Waals surface area contributed by atoms with Gasteiger partial charge in [-0.3, -0.25) is 0 Å². The van der Waals surface area contributed by atoms with Crippen molar-refractivity contribution in [3.8, 4) is 0 Å². The third kappa shape index (κ3) is 3.49. The van der Waals surface area contributed by atoms with Crippen LogP contribution in [0, 0.1) is 5.82 Å². The van der Waals surface area contributed by atoms with Crippen LogP contribution in [-0.4, -0.2) is 44.4 Å². The molecule has 0 radical (unpaired) electrons. The second-order valence-corrected chi connectivity index (χ2v) is 6.88. The lowest BCUT2D eigenvalue weighted by Crippen LogP contribution is -2.41. The summed E-state index contributed by atoms with van der Waals surface area (Å²) >= 11 is 5.55. The lowest BCUT2D eigenvalue weighted by atomic mass is 10.1. The number of hydrogen-bond acceptors (Lipinski definition) is 3. The quantitative estimate of drug-likeness (QED) is 0.781. The molecule has 0 bridgehead atoms. The third-order valence-electron chi connectivity index (χ3n) is 3.29. The highest BCUT2D eigenvalue weighted by Gasteiger charge is 2.31. The molecule has 2 rings (SSSR count). The van der Waals surface area contributed by atoms with Gasteiger partial charge in [0.15, 0.2) is 0 Å². The number of nitrogens with zero attached hydrogens (tertiary/aromatic N) is 1. The minimum absolute atomic E-state index is 0.0285. The number of benzene rings is 1. The van der Waals surface area contributed by atoms with Crippen molar-refractivity contribution in [2.45, 2.75) is 23.8 Å². The summed E-state index contributed by atoms with van der Waals surface area (Å²) in [6.45, 7) is 1.14. The van der Waals surface area contributed by atoms with E-state index in [1.807, 2.05) is 0 Å². The maximum Gasteiger partial charge on any atom is 0.245 e. The van der Waals surface area contributed by atoms with E-state index in [4.69, 9.17) is 16.3 Å². The number of halogens is 2. The van der Waals surface area contributed by atoms with E-state index in [1.165, 1.54) is 22.5 Å². The molecule has 7 heteroatoms. The average Bonchev–Trinajstić information content (AvgIpc) is 2.46. The van der Waals surface area contributed by atoms with Crippen molar-refractivity contribution >= 4 is 21.6 Å². The molecule has 112 valence electrons. The molecule has 0 aliphatic carbocycles. The number of sulfonamides is 1. The Labute approximate surface area is 123 Å². The van der Waals surface area contributed by atoms with Gasteiger partial charge in [0.25, 0.3) is 0 Å². The lowest BCUT2D eigenvalue weighted by Gasteiger charge is -2.31. The number of hydrogen-bond donors (Lipinski definition) is 0. The molecule has 1 aromatic carbocycles. The molecule has 0 unspecified atom stereocenters. The zero-order valence-corrected chi connectivity index (χ0v) is 12.5. The van der Waals surface area contributed by atoms with Crippen molar-refractivity contribution in [1.29, 1.82) is 0 Å². The van der Waals surface area contributed by atoms with E-state index in [1.54, 1.807) is 0 Å². The largest absolute Gasteiger partial charge is 0.377 e. The fourth-order valence-electron chi connectivity index (χ4n) is 2.24. The van der Waals surface area contributed by atoms with E-state index in [9.17, 15) is 12.8 Å². The summed E-state index contributed by atoms with van der Waals surface area (Å²) in [6, 6.07) is 5.44. The highest BCUT2D eigenvalue weighted by Crippen LogP contribution is 2.23. The summed E-state index contributed by atoms with van der Waals surface area (Å²) in [5.74, 6) is -0.290. The molecule has 20 heavy (non-hydrogen) atoms. The van der Waals surface area contributed by atoms with Gasteiger partial charge in [-0.15, -0.1) is 11.6 Å². The summed E-state index contributed by atoms with van der Waals surface area (Å²) in [4.78, 5) is -0.264. The fourth-order valence-corrected chi connectivity index (χ4v) is 3.87. The van der Waals surface area contributed by atoms with Gasteiger partial charge in [0.1, 0.15) is 10.7 Å². The molecule has 0 atom stereocenters. The first-order valence-corrected chi connectivity index (χ1v) is 8.45. The first-order valence-electron chi connectivity index (χ1n) is 6.48.